The van der Waals surface area contributed by atoms with E-state index in [-0.39, 0.29) is 38.4 Å². The minimum Gasteiger partial charge on any atom is -0.328 e. The third kappa shape index (κ3) is 8.37. The summed E-state index contributed by atoms with van der Waals surface area (Å²) in [6.07, 6.45) is 3.63. The lowest BCUT2D eigenvalue weighted by molar-refractivity contribution is -0.00779. The van der Waals surface area contributed by atoms with Gasteiger partial charge >= 0.3 is 8.60 Å². The summed E-state index contributed by atoms with van der Waals surface area (Å²) in [5, 5.41) is 5.03. The largest absolute Gasteiger partial charge is 0.328 e. The Balaban J connectivity index is 1.97. The van der Waals surface area contributed by atoms with Gasteiger partial charge in [-0.05, 0) is 117 Å². The monoisotopic (exact) mass is 753 g/mol. The predicted molar refractivity (Wildman–Crippen MR) is 235 cm³/mol. The summed E-state index contributed by atoms with van der Waals surface area (Å²) in [4.78, 5) is 22.1. The average Bonchev–Trinajstić information content (AvgIpc) is 2.99. The molecule has 1 aliphatic rings. The predicted octanol–water partition coefficient (Wildman–Crippen LogP) is 14.6. The lowest BCUT2D eigenvalue weighted by Gasteiger charge is -2.48. The van der Waals surface area contributed by atoms with Crippen molar-refractivity contribution in [2.75, 3.05) is 0 Å². The first-order valence-electron chi connectivity index (χ1n) is 20.5. The van der Waals surface area contributed by atoms with Crippen LogP contribution in [0.5, 0.6) is 0 Å². The first-order chi connectivity index (χ1) is 24.4. The van der Waals surface area contributed by atoms with Gasteiger partial charge in [0, 0.05) is 5.92 Å². The average molecular weight is 753 g/mol. The van der Waals surface area contributed by atoms with Gasteiger partial charge in [0.1, 0.15) is 5.60 Å². The van der Waals surface area contributed by atoms with Crippen molar-refractivity contribution in [3.05, 3.63) is 93.0 Å². The topological polar surface area (TPSA) is 49.7 Å². The Labute approximate surface area is 330 Å². The van der Waals surface area contributed by atoms with E-state index in [0.29, 0.717) is 6.42 Å². The summed E-state index contributed by atoms with van der Waals surface area (Å²) in [7, 11) is -2.67. The molecule has 0 saturated heterocycles. The summed E-state index contributed by atoms with van der Waals surface area (Å²) in [6, 6.07) is 19.4. The number of rotatable bonds is 4. The maximum Gasteiger partial charge on any atom is 0.327 e. The maximum atomic E-state index is 11.1. The van der Waals surface area contributed by atoms with Crippen molar-refractivity contribution in [3.8, 4) is 0 Å². The van der Waals surface area contributed by atoms with Gasteiger partial charge < -0.3 is 14.3 Å². The highest BCUT2D eigenvalue weighted by molar-refractivity contribution is 7.39. The highest BCUT2D eigenvalue weighted by Gasteiger charge is 2.50. The van der Waals surface area contributed by atoms with Crippen LogP contribution >= 0.6 is 8.60 Å². The second kappa shape index (κ2) is 14.0. The molecule has 0 aliphatic heterocycles. The number of fused-ring (bicyclic) bond motifs is 2. The van der Waals surface area contributed by atoms with Gasteiger partial charge in [0.15, 0.2) is 0 Å². The van der Waals surface area contributed by atoms with Crippen molar-refractivity contribution >= 4 is 30.1 Å². The molecule has 1 saturated carbocycles. The Morgan fingerprint density at radius 1 is 0.500 bits per heavy atom. The molecule has 0 heterocycles. The molecule has 0 aromatic heterocycles. The molecule has 0 spiro atoms. The maximum absolute atomic E-state index is 11.1. The molecule has 5 rings (SSSR count). The molecule has 1 aliphatic carbocycles. The van der Waals surface area contributed by atoms with Crippen LogP contribution in [-0.4, -0.2) is 9.79 Å². The highest BCUT2D eigenvalue weighted by Crippen LogP contribution is 2.59. The quantitative estimate of drug-likeness (QED) is 0.204. The van der Waals surface area contributed by atoms with Crippen LogP contribution in [0.4, 0.5) is 0 Å². The number of benzene rings is 4. The SMILES string of the molecule is CC(C)(C)c1cc(C(C)(C)C)c2cc(C3CCCCC3(OP(O)O)c3cc4c(C(C)(C)C)cc(C(C)(C)C)cc4cc3C(C)(C)C)c(C(C)(C)C)cc2c1. The number of hydrogen-bond donors (Lipinski definition) is 2. The van der Waals surface area contributed by atoms with E-state index < -0.39 is 14.2 Å². The molecule has 4 heteroatoms. The summed E-state index contributed by atoms with van der Waals surface area (Å²) < 4.78 is 6.84. The third-order valence-electron chi connectivity index (χ3n) is 12.1. The summed E-state index contributed by atoms with van der Waals surface area (Å²) in [5.41, 5.74) is 8.77. The first-order valence-corrected chi connectivity index (χ1v) is 21.7. The van der Waals surface area contributed by atoms with Gasteiger partial charge in [0.05, 0.1) is 0 Å². The van der Waals surface area contributed by atoms with Crippen molar-refractivity contribution < 1.29 is 14.3 Å². The number of hydrogen-bond acceptors (Lipinski definition) is 3. The Hall–Kier alpha value is -2.29. The fourth-order valence-corrected chi connectivity index (χ4v) is 9.64. The van der Waals surface area contributed by atoms with E-state index in [2.05, 4.69) is 173 Å². The van der Waals surface area contributed by atoms with Crippen molar-refractivity contribution in [3.63, 3.8) is 0 Å². The van der Waals surface area contributed by atoms with Gasteiger partial charge in [0.25, 0.3) is 0 Å². The van der Waals surface area contributed by atoms with Crippen molar-refractivity contribution in [1.29, 1.82) is 0 Å². The van der Waals surface area contributed by atoms with E-state index >= 15 is 0 Å². The minimum atomic E-state index is -2.67. The molecule has 0 bridgehead atoms. The van der Waals surface area contributed by atoms with E-state index in [1.54, 1.807) is 0 Å². The van der Waals surface area contributed by atoms with Crippen LogP contribution in [-0.2, 0) is 42.6 Å². The van der Waals surface area contributed by atoms with E-state index in [9.17, 15) is 9.79 Å². The summed E-state index contributed by atoms with van der Waals surface area (Å²) in [6.45, 7) is 41.6. The van der Waals surface area contributed by atoms with Crippen molar-refractivity contribution in [2.24, 2.45) is 0 Å². The zero-order valence-corrected chi connectivity index (χ0v) is 38.2. The Morgan fingerprint density at radius 3 is 1.33 bits per heavy atom. The molecule has 296 valence electrons. The first kappa shape index (κ1) is 42.8. The van der Waals surface area contributed by atoms with E-state index in [4.69, 9.17) is 4.52 Å². The lowest BCUT2D eigenvalue weighted by Crippen LogP contribution is -2.41. The molecule has 0 amide bonds. The van der Waals surface area contributed by atoms with Crippen LogP contribution in [0, 0.1) is 0 Å². The zero-order chi connectivity index (χ0) is 40.8. The second-order valence-corrected chi connectivity index (χ2v) is 23.5. The van der Waals surface area contributed by atoms with E-state index in [1.807, 2.05) is 0 Å². The normalized spacial score (nSPS) is 19.7. The molecular formula is C50H73O3P. The van der Waals surface area contributed by atoms with Gasteiger partial charge in [-0.15, -0.1) is 0 Å². The highest BCUT2D eigenvalue weighted by atomic mass is 31.2. The van der Waals surface area contributed by atoms with Crippen molar-refractivity contribution in [2.45, 2.75) is 194 Å². The zero-order valence-electron chi connectivity index (χ0n) is 37.3. The second-order valence-electron chi connectivity index (χ2n) is 22.9. The third-order valence-corrected chi connectivity index (χ3v) is 12.6. The molecule has 2 unspecified atom stereocenters. The molecule has 1 fully saturated rings. The van der Waals surface area contributed by atoms with Gasteiger partial charge in [0.2, 0.25) is 0 Å². The molecule has 4 aromatic carbocycles. The van der Waals surface area contributed by atoms with Gasteiger partial charge in [-0.1, -0.05) is 180 Å². The molecule has 4 aromatic rings. The molecule has 2 N–H and O–H groups in total. The lowest BCUT2D eigenvalue weighted by atomic mass is 9.62. The molecule has 0 radical (unpaired) electrons. The molecule has 3 nitrogen and oxygen atoms in total. The van der Waals surface area contributed by atoms with Crippen LogP contribution in [0.1, 0.15) is 201 Å². The Bertz CT molecular complexity index is 2030. The Morgan fingerprint density at radius 2 is 0.926 bits per heavy atom. The smallest absolute Gasteiger partial charge is 0.327 e. The van der Waals surface area contributed by atoms with Crippen LogP contribution < -0.4 is 0 Å². The summed E-state index contributed by atoms with van der Waals surface area (Å²) >= 11 is 0. The molecule has 2 atom stereocenters. The van der Waals surface area contributed by atoms with Crippen LogP contribution in [0.15, 0.2) is 48.5 Å². The van der Waals surface area contributed by atoms with Crippen LogP contribution in [0.25, 0.3) is 21.5 Å². The minimum absolute atomic E-state index is 0.00381. The Kier molecular flexibility index (Phi) is 11.1. The van der Waals surface area contributed by atoms with E-state index in [0.717, 1.165) is 24.8 Å². The van der Waals surface area contributed by atoms with Gasteiger partial charge in [-0.3, -0.25) is 0 Å². The van der Waals surface area contributed by atoms with Crippen LogP contribution in [0.2, 0.25) is 0 Å². The standard InChI is InChI=1S/C50H73O3P/c1-44(2,3)33-23-31-25-39(46(7,8)9)37(29-35(31)40(27-33)47(10,11)12)38-21-19-20-22-50(38,53-54(51)52)43-30-36-32(26-42(43)49(16,17)18)24-34(45(4,5)6)28-41(36)48(13,14)15/h23-30,38,51-52H,19-22H2,1-18H3. The van der Waals surface area contributed by atoms with Crippen molar-refractivity contribution in [1.82, 2.24) is 0 Å². The molecular weight excluding hydrogens is 680 g/mol. The molecule has 54 heavy (non-hydrogen) atoms. The van der Waals surface area contributed by atoms with Crippen LogP contribution in [0.3, 0.4) is 0 Å². The van der Waals surface area contributed by atoms with E-state index in [1.165, 1.54) is 60.5 Å². The van der Waals surface area contributed by atoms with Gasteiger partial charge in [-0.25, -0.2) is 0 Å². The summed E-state index contributed by atoms with van der Waals surface area (Å²) in [5.74, 6) is -0.0882. The fourth-order valence-electron chi connectivity index (χ4n) is 9.03. The van der Waals surface area contributed by atoms with Gasteiger partial charge in [-0.2, -0.15) is 0 Å². The fraction of sp³-hybridized carbons (Fsp3) is 0.600.